The van der Waals surface area contributed by atoms with Crippen molar-refractivity contribution in [2.75, 3.05) is 11.5 Å². The molecule has 0 aliphatic carbocycles. The molecule has 0 spiro atoms. The summed E-state index contributed by atoms with van der Waals surface area (Å²) < 4.78 is 38.9. The molecule has 0 amide bonds. The molecule has 9 heteroatoms. The maximum Gasteiger partial charge on any atom is 0.191 e. The van der Waals surface area contributed by atoms with E-state index in [0.717, 1.165) is 21.0 Å². The first kappa shape index (κ1) is 17.9. The lowest BCUT2D eigenvalue weighted by molar-refractivity contribution is 0.552. The van der Waals surface area contributed by atoms with Crippen molar-refractivity contribution in [1.29, 1.82) is 0 Å². The lowest BCUT2D eigenvalue weighted by Crippen LogP contribution is -2.11. The first-order valence-corrected chi connectivity index (χ1v) is 11.1. The highest BCUT2D eigenvalue weighted by molar-refractivity contribution is 9.10. The number of sulfone groups is 1. The molecule has 24 heavy (non-hydrogen) atoms. The van der Waals surface area contributed by atoms with Crippen molar-refractivity contribution >= 4 is 37.5 Å². The third-order valence-electron chi connectivity index (χ3n) is 4.09. The predicted octanol–water partition coefficient (Wildman–Crippen LogP) is 2.99. The Labute approximate surface area is 153 Å². The van der Waals surface area contributed by atoms with Crippen molar-refractivity contribution in [1.82, 2.24) is 14.8 Å². The highest BCUT2D eigenvalue weighted by Gasteiger charge is 2.29. The summed E-state index contributed by atoms with van der Waals surface area (Å²) in [6.45, 7) is 0. The van der Waals surface area contributed by atoms with Gasteiger partial charge in [0.1, 0.15) is 11.6 Å². The van der Waals surface area contributed by atoms with E-state index < -0.39 is 9.84 Å². The highest BCUT2D eigenvalue weighted by Crippen LogP contribution is 2.28. The largest absolute Gasteiger partial charge is 0.309 e. The number of benzene rings is 1. The molecule has 1 aromatic heterocycles. The molecule has 2 heterocycles. The van der Waals surface area contributed by atoms with Gasteiger partial charge in [-0.15, -0.1) is 10.2 Å². The lowest BCUT2D eigenvalue weighted by atomic mass is 10.1. The van der Waals surface area contributed by atoms with Crippen LogP contribution in [0.1, 0.15) is 17.8 Å². The zero-order chi connectivity index (χ0) is 17.3. The maximum atomic E-state index is 13.1. The number of aromatic nitrogens is 3. The summed E-state index contributed by atoms with van der Waals surface area (Å²) in [5.74, 6) is 1.81. The lowest BCUT2D eigenvalue weighted by Gasteiger charge is -2.08. The molecular formula is C15H17BrFN3O2S2. The van der Waals surface area contributed by atoms with Crippen LogP contribution in [0.25, 0.3) is 0 Å². The first-order valence-electron chi connectivity index (χ1n) is 7.49. The molecule has 0 N–H and O–H groups in total. The van der Waals surface area contributed by atoms with Gasteiger partial charge in [-0.2, -0.15) is 0 Å². The summed E-state index contributed by atoms with van der Waals surface area (Å²) in [5.41, 5.74) is 0.979. The van der Waals surface area contributed by atoms with Crippen LogP contribution in [0.15, 0.2) is 27.8 Å². The van der Waals surface area contributed by atoms with Crippen LogP contribution in [0.3, 0.4) is 0 Å². The normalized spacial score (nSPS) is 19.7. The average molecular weight is 434 g/mol. The summed E-state index contributed by atoms with van der Waals surface area (Å²) in [7, 11) is -0.985. The Morgan fingerprint density at radius 3 is 2.88 bits per heavy atom. The van der Waals surface area contributed by atoms with E-state index in [9.17, 15) is 12.8 Å². The minimum atomic E-state index is -2.87. The molecule has 1 aliphatic heterocycles. The molecule has 1 aliphatic rings. The van der Waals surface area contributed by atoms with Crippen LogP contribution in [0, 0.1) is 11.7 Å². The second-order valence-electron chi connectivity index (χ2n) is 5.96. The Hall–Kier alpha value is -0.930. The van der Waals surface area contributed by atoms with E-state index in [1.807, 2.05) is 11.6 Å². The molecule has 0 saturated carbocycles. The van der Waals surface area contributed by atoms with Gasteiger partial charge in [0.05, 0.1) is 11.5 Å². The number of nitrogens with zero attached hydrogens (tertiary/aromatic N) is 3. The van der Waals surface area contributed by atoms with Gasteiger partial charge in [-0.05, 0) is 30.0 Å². The van der Waals surface area contributed by atoms with Gasteiger partial charge in [-0.25, -0.2) is 12.8 Å². The van der Waals surface area contributed by atoms with Crippen molar-refractivity contribution in [2.24, 2.45) is 13.0 Å². The molecule has 0 radical (unpaired) electrons. The van der Waals surface area contributed by atoms with Gasteiger partial charge < -0.3 is 4.57 Å². The minimum Gasteiger partial charge on any atom is -0.309 e. The third-order valence-corrected chi connectivity index (χ3v) is 7.74. The molecule has 130 valence electrons. The van der Waals surface area contributed by atoms with Gasteiger partial charge in [0, 0.05) is 23.7 Å². The molecular weight excluding hydrogens is 417 g/mol. The summed E-state index contributed by atoms with van der Waals surface area (Å²) in [6.07, 6.45) is 1.32. The van der Waals surface area contributed by atoms with Crippen LogP contribution in [0.5, 0.6) is 0 Å². The summed E-state index contributed by atoms with van der Waals surface area (Å²) >= 11 is 4.88. The van der Waals surface area contributed by atoms with Crippen LogP contribution < -0.4 is 0 Å². The van der Waals surface area contributed by atoms with Crippen molar-refractivity contribution in [3.63, 3.8) is 0 Å². The van der Waals surface area contributed by atoms with Gasteiger partial charge in [0.2, 0.25) is 0 Å². The van der Waals surface area contributed by atoms with Gasteiger partial charge in [-0.1, -0.05) is 33.8 Å². The first-order chi connectivity index (χ1) is 11.3. The predicted molar refractivity (Wildman–Crippen MR) is 95.1 cm³/mol. The van der Waals surface area contributed by atoms with Crippen molar-refractivity contribution in [3.05, 3.63) is 39.9 Å². The molecule has 0 bridgehead atoms. The molecule has 1 aromatic carbocycles. The van der Waals surface area contributed by atoms with E-state index in [2.05, 4.69) is 26.1 Å². The molecule has 3 rings (SSSR count). The summed E-state index contributed by atoms with van der Waals surface area (Å²) in [4.78, 5) is 0. The average Bonchev–Trinajstić information content (AvgIpc) is 3.02. The van der Waals surface area contributed by atoms with Gasteiger partial charge in [0.25, 0.3) is 0 Å². The fourth-order valence-corrected chi connectivity index (χ4v) is 6.19. The zero-order valence-corrected chi connectivity index (χ0v) is 16.3. The van der Waals surface area contributed by atoms with Crippen LogP contribution in [0.4, 0.5) is 4.39 Å². The smallest absolute Gasteiger partial charge is 0.191 e. The molecule has 5 nitrogen and oxygen atoms in total. The SMILES string of the molecule is Cn1c(CC2CCS(=O)(=O)C2)nnc1SCc1ccc(F)cc1Br. The Morgan fingerprint density at radius 2 is 2.21 bits per heavy atom. The second kappa shape index (κ2) is 7.13. The van der Waals surface area contributed by atoms with E-state index in [1.54, 1.807) is 6.07 Å². The molecule has 1 saturated heterocycles. The van der Waals surface area contributed by atoms with Crippen molar-refractivity contribution in [2.45, 2.75) is 23.8 Å². The second-order valence-corrected chi connectivity index (χ2v) is 9.98. The van der Waals surface area contributed by atoms with E-state index in [1.165, 1.54) is 23.9 Å². The standard InChI is InChI=1S/C15H17BrFN3O2S2/c1-20-14(6-10-4-5-24(21,22)9-10)18-19-15(20)23-8-11-2-3-12(17)7-13(11)16/h2-3,7,10H,4-6,8-9H2,1H3. The minimum absolute atomic E-state index is 0.127. The Bertz CT molecular complexity index is 854. The molecule has 1 unspecified atom stereocenters. The fourth-order valence-electron chi connectivity index (χ4n) is 2.72. The third kappa shape index (κ3) is 4.18. The van der Waals surface area contributed by atoms with Gasteiger partial charge >= 0.3 is 0 Å². The maximum absolute atomic E-state index is 13.1. The van der Waals surface area contributed by atoms with Crippen LogP contribution in [-0.4, -0.2) is 34.7 Å². The molecule has 1 fully saturated rings. The van der Waals surface area contributed by atoms with Gasteiger partial charge in [-0.3, -0.25) is 0 Å². The van der Waals surface area contributed by atoms with Crippen LogP contribution in [0.2, 0.25) is 0 Å². The molecule has 1 atom stereocenters. The van der Waals surface area contributed by atoms with Crippen LogP contribution in [-0.2, 0) is 29.1 Å². The summed E-state index contributed by atoms with van der Waals surface area (Å²) in [5, 5.41) is 9.16. The summed E-state index contributed by atoms with van der Waals surface area (Å²) in [6, 6.07) is 4.62. The number of halogens is 2. The molecule has 2 aromatic rings. The Balaban J connectivity index is 1.64. The van der Waals surface area contributed by atoms with E-state index in [4.69, 9.17) is 0 Å². The topological polar surface area (TPSA) is 64.8 Å². The number of thioether (sulfide) groups is 1. The van der Waals surface area contributed by atoms with Gasteiger partial charge in [0.15, 0.2) is 15.0 Å². The van der Waals surface area contributed by atoms with E-state index in [0.29, 0.717) is 18.6 Å². The number of rotatable bonds is 5. The number of hydrogen-bond acceptors (Lipinski definition) is 5. The Morgan fingerprint density at radius 1 is 1.42 bits per heavy atom. The van der Waals surface area contributed by atoms with E-state index in [-0.39, 0.29) is 23.2 Å². The van der Waals surface area contributed by atoms with Crippen molar-refractivity contribution < 1.29 is 12.8 Å². The monoisotopic (exact) mass is 433 g/mol. The van der Waals surface area contributed by atoms with E-state index >= 15 is 0 Å². The quantitative estimate of drug-likeness (QED) is 0.678. The zero-order valence-electron chi connectivity index (χ0n) is 13.1. The van der Waals surface area contributed by atoms with Crippen LogP contribution >= 0.6 is 27.7 Å². The highest BCUT2D eigenvalue weighted by atomic mass is 79.9. The fraction of sp³-hybridized carbons (Fsp3) is 0.467. The van der Waals surface area contributed by atoms with Crippen molar-refractivity contribution in [3.8, 4) is 0 Å². The Kier molecular flexibility index (Phi) is 5.31. The number of hydrogen-bond donors (Lipinski definition) is 0.